The molecule has 0 saturated carbocycles. The van der Waals surface area contributed by atoms with E-state index in [9.17, 15) is 61.0 Å². The van der Waals surface area contributed by atoms with Gasteiger partial charge in [-0.25, -0.2) is 0 Å². The lowest BCUT2D eigenvalue weighted by molar-refractivity contribution is -0.379. The smallest absolute Gasteiger partial charge is 0.220 e. The third-order valence-corrected chi connectivity index (χ3v) is 13.8. The number of amides is 1. The van der Waals surface area contributed by atoms with Crippen LogP contribution in [0.2, 0.25) is 0 Å². The quantitative estimate of drug-likeness (QED) is 0.0307. The lowest BCUT2D eigenvalue weighted by Crippen LogP contribution is -2.66. The maximum Gasteiger partial charge on any atom is 0.220 e. The molecule has 76 heavy (non-hydrogen) atoms. The van der Waals surface area contributed by atoms with E-state index in [2.05, 4.69) is 92.1 Å². The van der Waals surface area contributed by atoms with E-state index in [1.54, 1.807) is 0 Å². The molecule has 3 fully saturated rings. The zero-order valence-electron chi connectivity index (χ0n) is 45.2. The van der Waals surface area contributed by atoms with Crippen LogP contribution < -0.4 is 5.32 Å². The Balaban J connectivity index is 1.47. The van der Waals surface area contributed by atoms with Gasteiger partial charge in [0, 0.05) is 6.42 Å². The zero-order valence-corrected chi connectivity index (χ0v) is 45.2. The Hall–Kier alpha value is -2.77. The van der Waals surface area contributed by atoms with Crippen LogP contribution in [0.4, 0.5) is 0 Å². The van der Waals surface area contributed by atoms with Crippen LogP contribution in [0.5, 0.6) is 0 Å². The van der Waals surface area contributed by atoms with E-state index < -0.39 is 124 Å². The minimum Gasteiger partial charge on any atom is -0.394 e. The molecule has 438 valence electrons. The predicted molar refractivity (Wildman–Crippen MR) is 286 cm³/mol. The molecule has 1 amide bonds. The summed E-state index contributed by atoms with van der Waals surface area (Å²) >= 11 is 0. The van der Waals surface area contributed by atoms with Gasteiger partial charge in [0.25, 0.3) is 0 Å². The van der Waals surface area contributed by atoms with Gasteiger partial charge in [-0.15, -0.1) is 0 Å². The second-order valence-corrected chi connectivity index (χ2v) is 20.0. The van der Waals surface area contributed by atoms with E-state index in [0.717, 1.165) is 96.3 Å². The Morgan fingerprint density at radius 3 is 1.42 bits per heavy atom. The van der Waals surface area contributed by atoms with Crippen molar-refractivity contribution in [2.45, 2.75) is 253 Å². The summed E-state index contributed by atoms with van der Waals surface area (Å²) in [5, 5.41) is 120. The van der Waals surface area contributed by atoms with Crippen LogP contribution in [0.1, 0.15) is 149 Å². The summed E-state index contributed by atoms with van der Waals surface area (Å²) < 4.78 is 34.1. The number of ether oxygens (including phenoxy) is 6. The van der Waals surface area contributed by atoms with Gasteiger partial charge in [0.1, 0.15) is 73.2 Å². The third kappa shape index (κ3) is 24.7. The van der Waals surface area contributed by atoms with Crippen molar-refractivity contribution < 1.29 is 89.4 Å². The van der Waals surface area contributed by atoms with Crippen LogP contribution in [-0.2, 0) is 33.2 Å². The molecule has 17 atom stereocenters. The molecule has 19 nitrogen and oxygen atoms in total. The Bertz CT molecular complexity index is 1670. The molecule has 3 aliphatic heterocycles. The molecule has 0 aromatic carbocycles. The molecule has 0 aromatic heterocycles. The van der Waals surface area contributed by atoms with E-state index >= 15 is 0 Å². The summed E-state index contributed by atoms with van der Waals surface area (Å²) in [6, 6.07) is -0.902. The van der Waals surface area contributed by atoms with Crippen molar-refractivity contribution in [2.24, 2.45) is 0 Å². The van der Waals surface area contributed by atoms with Crippen molar-refractivity contribution >= 4 is 5.91 Å². The van der Waals surface area contributed by atoms with Crippen LogP contribution in [0.25, 0.3) is 0 Å². The van der Waals surface area contributed by atoms with Crippen molar-refractivity contribution in [3.05, 3.63) is 72.9 Å². The summed E-state index contributed by atoms with van der Waals surface area (Å²) in [6.45, 7) is 1.57. The number of carbonyl (C=O) groups is 1. The molecule has 0 aliphatic carbocycles. The molecule has 19 heteroatoms. The fourth-order valence-electron chi connectivity index (χ4n) is 9.14. The minimum absolute atomic E-state index is 0.231. The van der Waals surface area contributed by atoms with E-state index in [-0.39, 0.29) is 18.9 Å². The summed E-state index contributed by atoms with van der Waals surface area (Å²) in [5.74, 6) is -0.275. The maximum absolute atomic E-state index is 13.3. The highest BCUT2D eigenvalue weighted by molar-refractivity contribution is 5.76. The minimum atomic E-state index is -1.98. The summed E-state index contributed by atoms with van der Waals surface area (Å²) in [7, 11) is 0. The predicted octanol–water partition coefficient (Wildman–Crippen LogP) is 3.87. The Morgan fingerprint density at radius 1 is 0.487 bits per heavy atom. The number of aliphatic hydroxyl groups is 11. The van der Waals surface area contributed by atoms with Gasteiger partial charge in [0.15, 0.2) is 18.9 Å². The van der Waals surface area contributed by atoms with Gasteiger partial charge in [0.05, 0.1) is 38.6 Å². The van der Waals surface area contributed by atoms with Crippen molar-refractivity contribution in [3.63, 3.8) is 0 Å². The Kier molecular flexibility index (Phi) is 35.9. The first-order valence-electron chi connectivity index (χ1n) is 28.2. The fraction of sp³-hybridized carbons (Fsp3) is 0.772. The van der Waals surface area contributed by atoms with Crippen LogP contribution in [-0.4, -0.2) is 193 Å². The first-order chi connectivity index (χ1) is 36.8. The number of rotatable bonds is 39. The van der Waals surface area contributed by atoms with Crippen molar-refractivity contribution in [1.29, 1.82) is 0 Å². The molecule has 3 rings (SSSR count). The third-order valence-electron chi connectivity index (χ3n) is 13.8. The second kappa shape index (κ2) is 40.4. The zero-order chi connectivity index (χ0) is 55.5. The highest BCUT2D eigenvalue weighted by atomic mass is 16.8. The molecule has 3 heterocycles. The maximum atomic E-state index is 13.3. The lowest BCUT2D eigenvalue weighted by atomic mass is 9.96. The molecule has 17 unspecified atom stereocenters. The number of allylic oxidation sites excluding steroid dienone is 12. The Labute approximate surface area is 451 Å². The highest BCUT2D eigenvalue weighted by Gasteiger charge is 2.53. The molecule has 3 saturated heterocycles. The largest absolute Gasteiger partial charge is 0.394 e. The van der Waals surface area contributed by atoms with Crippen LogP contribution in [0.3, 0.4) is 0 Å². The molecule has 12 N–H and O–H groups in total. The molecule has 0 radical (unpaired) electrons. The SMILES string of the molecule is CC/C=C\C/C=C\C/C=C\C/C=C\C/C=C\C/C=C\CCCCCCC(=O)NC(COC1OC(CO)C(OC2OC(CO)C(OC3OC(CO)C(O)C(O)C3O)C(O)C2O)C(O)C1O)C(O)CCCCCCCCCC. The van der Waals surface area contributed by atoms with Crippen molar-refractivity contribution in [1.82, 2.24) is 5.32 Å². The molecular weight excluding hydrogens is 987 g/mol. The van der Waals surface area contributed by atoms with Gasteiger partial charge in [-0.1, -0.05) is 151 Å². The monoisotopic (exact) mass is 1080 g/mol. The fourth-order valence-corrected chi connectivity index (χ4v) is 9.14. The molecule has 0 spiro atoms. The van der Waals surface area contributed by atoms with Gasteiger partial charge in [-0.3, -0.25) is 4.79 Å². The van der Waals surface area contributed by atoms with Gasteiger partial charge < -0.3 is 89.9 Å². The first-order valence-corrected chi connectivity index (χ1v) is 28.2. The summed E-state index contributed by atoms with van der Waals surface area (Å²) in [4.78, 5) is 13.3. The van der Waals surface area contributed by atoms with Crippen molar-refractivity contribution in [3.8, 4) is 0 Å². The average molecular weight is 1080 g/mol. The van der Waals surface area contributed by atoms with Crippen molar-refractivity contribution in [2.75, 3.05) is 26.4 Å². The topological polar surface area (TPSA) is 307 Å². The summed E-state index contributed by atoms with van der Waals surface area (Å²) in [6.07, 6.45) is 18.8. The lowest BCUT2D eigenvalue weighted by Gasteiger charge is -2.48. The molecule has 0 bridgehead atoms. The highest BCUT2D eigenvalue weighted by Crippen LogP contribution is 2.33. The number of nitrogens with one attached hydrogen (secondary N) is 1. The number of aliphatic hydroxyl groups excluding tert-OH is 11. The second-order valence-electron chi connectivity index (χ2n) is 20.0. The average Bonchev–Trinajstić information content (AvgIpc) is 3.42. The normalized spacial score (nSPS) is 31.5. The first kappa shape index (κ1) is 67.5. The van der Waals surface area contributed by atoms with Gasteiger partial charge in [0.2, 0.25) is 5.91 Å². The van der Waals surface area contributed by atoms with Gasteiger partial charge >= 0.3 is 0 Å². The van der Waals surface area contributed by atoms with Gasteiger partial charge in [-0.05, 0) is 64.2 Å². The number of hydrogen-bond donors (Lipinski definition) is 12. The van der Waals surface area contributed by atoms with E-state index in [1.165, 1.54) is 12.8 Å². The number of hydrogen-bond acceptors (Lipinski definition) is 18. The van der Waals surface area contributed by atoms with E-state index in [1.807, 2.05) is 0 Å². The van der Waals surface area contributed by atoms with E-state index in [4.69, 9.17) is 28.4 Å². The number of carbonyl (C=O) groups excluding carboxylic acids is 1. The Morgan fingerprint density at radius 2 is 0.908 bits per heavy atom. The van der Waals surface area contributed by atoms with Crippen LogP contribution in [0, 0.1) is 0 Å². The van der Waals surface area contributed by atoms with Crippen LogP contribution in [0.15, 0.2) is 72.9 Å². The van der Waals surface area contributed by atoms with Crippen LogP contribution >= 0.6 is 0 Å². The number of unbranched alkanes of at least 4 members (excludes halogenated alkanes) is 11. The molecular formula is C57H97NO18. The standard InChI is InChI=1S/C57H97NO18/c1-3-5-7-9-11-13-14-15-16-17-18-19-20-21-22-23-24-25-26-27-29-31-33-35-45(63)58-40(41(62)34-32-30-28-12-10-8-6-4-2)39-71-55-51(69)48(66)53(43(37-60)73-55)76-57-52(70)49(67)54(44(38-61)74-57)75-56-50(68)47(65)46(64)42(36-59)72-56/h5,7,11,13,15-16,18-19,21-22,24-25,40-44,46-57,59-62,64-70H,3-4,6,8-10,12,14,17,20,23,26-39H2,1-2H3,(H,58,63)/b7-5-,13-11-,16-15-,19-18-,22-21-,25-24-. The summed E-state index contributed by atoms with van der Waals surface area (Å²) in [5.41, 5.74) is 0. The van der Waals surface area contributed by atoms with E-state index in [0.29, 0.717) is 19.3 Å². The van der Waals surface area contributed by atoms with Gasteiger partial charge in [-0.2, -0.15) is 0 Å². The molecule has 3 aliphatic rings. The molecule has 0 aromatic rings.